The van der Waals surface area contributed by atoms with Crippen molar-refractivity contribution in [1.82, 2.24) is 5.32 Å². The molecule has 0 aromatic heterocycles. The maximum atomic E-state index is 6.23. The van der Waals surface area contributed by atoms with E-state index in [0.29, 0.717) is 25.2 Å². The standard InChI is InChI=1S/C26H37NO2/c1-21-15-26(16-24(21)27-25(2,3)4,19-28-17-22-11-7-5-8-12-22)20-29-18-23-13-9-6-10-14-23/h5-14,21,24,27H,15-20H2,1-4H3/t21-,24+/m0/s1. The maximum Gasteiger partial charge on any atom is 0.0717 e. The number of rotatable bonds is 9. The highest BCUT2D eigenvalue weighted by atomic mass is 16.5. The Kier molecular flexibility index (Phi) is 7.50. The third-order valence-electron chi connectivity index (χ3n) is 5.75. The van der Waals surface area contributed by atoms with E-state index in [2.05, 4.69) is 81.5 Å². The van der Waals surface area contributed by atoms with E-state index in [9.17, 15) is 0 Å². The zero-order valence-corrected chi connectivity index (χ0v) is 18.5. The lowest BCUT2D eigenvalue weighted by atomic mass is 9.87. The Labute approximate surface area is 176 Å². The summed E-state index contributed by atoms with van der Waals surface area (Å²) in [6.45, 7) is 11.9. The van der Waals surface area contributed by atoms with Gasteiger partial charge in [0.2, 0.25) is 0 Å². The lowest BCUT2D eigenvalue weighted by molar-refractivity contribution is -0.0323. The van der Waals surface area contributed by atoms with E-state index in [0.717, 1.165) is 26.1 Å². The Bertz CT molecular complexity index is 678. The van der Waals surface area contributed by atoms with Crippen molar-refractivity contribution in [2.45, 2.75) is 65.3 Å². The SMILES string of the molecule is C[C@H]1CC(COCc2ccccc2)(COCc2ccccc2)C[C@H]1NC(C)(C)C. The van der Waals surface area contributed by atoms with Crippen LogP contribution in [0.5, 0.6) is 0 Å². The Morgan fingerprint density at radius 1 is 0.828 bits per heavy atom. The molecular formula is C26H37NO2. The topological polar surface area (TPSA) is 30.5 Å². The predicted molar refractivity (Wildman–Crippen MR) is 120 cm³/mol. The second kappa shape index (κ2) is 9.88. The maximum absolute atomic E-state index is 6.23. The van der Waals surface area contributed by atoms with Gasteiger partial charge in [0.15, 0.2) is 0 Å². The van der Waals surface area contributed by atoms with Gasteiger partial charge in [0.05, 0.1) is 26.4 Å². The van der Waals surface area contributed by atoms with Gasteiger partial charge in [0.25, 0.3) is 0 Å². The van der Waals surface area contributed by atoms with Gasteiger partial charge in [-0.05, 0) is 50.7 Å². The molecule has 3 rings (SSSR count). The van der Waals surface area contributed by atoms with Crippen LogP contribution in [0.1, 0.15) is 51.7 Å². The van der Waals surface area contributed by atoms with Crippen molar-refractivity contribution < 1.29 is 9.47 Å². The molecule has 0 bridgehead atoms. The van der Waals surface area contributed by atoms with Crippen molar-refractivity contribution in [2.24, 2.45) is 11.3 Å². The lowest BCUT2D eigenvalue weighted by Crippen LogP contribution is -2.45. The van der Waals surface area contributed by atoms with Gasteiger partial charge < -0.3 is 14.8 Å². The number of hydrogen-bond donors (Lipinski definition) is 1. The van der Waals surface area contributed by atoms with Crippen LogP contribution in [0.2, 0.25) is 0 Å². The highest BCUT2D eigenvalue weighted by molar-refractivity contribution is 5.14. The third-order valence-corrected chi connectivity index (χ3v) is 5.75. The van der Waals surface area contributed by atoms with Gasteiger partial charge in [-0.3, -0.25) is 0 Å². The largest absolute Gasteiger partial charge is 0.376 e. The van der Waals surface area contributed by atoms with Crippen LogP contribution in [0.3, 0.4) is 0 Å². The molecule has 2 aromatic rings. The van der Waals surface area contributed by atoms with E-state index >= 15 is 0 Å². The minimum Gasteiger partial charge on any atom is -0.376 e. The minimum absolute atomic E-state index is 0.0614. The molecule has 1 saturated carbocycles. The van der Waals surface area contributed by atoms with E-state index in [1.54, 1.807) is 0 Å². The monoisotopic (exact) mass is 395 g/mol. The normalized spacial score (nSPS) is 21.4. The van der Waals surface area contributed by atoms with E-state index < -0.39 is 0 Å². The van der Waals surface area contributed by atoms with Gasteiger partial charge in [-0.2, -0.15) is 0 Å². The van der Waals surface area contributed by atoms with Gasteiger partial charge >= 0.3 is 0 Å². The first-order chi connectivity index (χ1) is 13.9. The van der Waals surface area contributed by atoms with Crippen LogP contribution in [0.4, 0.5) is 0 Å². The molecule has 0 saturated heterocycles. The van der Waals surface area contributed by atoms with Crippen LogP contribution in [0.25, 0.3) is 0 Å². The fourth-order valence-electron chi connectivity index (χ4n) is 4.52. The van der Waals surface area contributed by atoms with E-state index in [1.807, 2.05) is 12.1 Å². The quantitative estimate of drug-likeness (QED) is 0.600. The van der Waals surface area contributed by atoms with Crippen molar-refractivity contribution in [3.8, 4) is 0 Å². The number of hydrogen-bond acceptors (Lipinski definition) is 3. The van der Waals surface area contributed by atoms with E-state index in [4.69, 9.17) is 9.47 Å². The van der Waals surface area contributed by atoms with Crippen LogP contribution < -0.4 is 5.32 Å². The van der Waals surface area contributed by atoms with Crippen molar-refractivity contribution in [3.63, 3.8) is 0 Å². The average Bonchev–Trinajstić information content (AvgIpc) is 2.97. The molecule has 29 heavy (non-hydrogen) atoms. The lowest BCUT2D eigenvalue weighted by Gasteiger charge is -2.31. The number of benzene rings is 2. The fraction of sp³-hybridized carbons (Fsp3) is 0.538. The minimum atomic E-state index is 0.0614. The summed E-state index contributed by atoms with van der Waals surface area (Å²) in [6, 6.07) is 21.4. The molecule has 2 aromatic carbocycles. The highest BCUT2D eigenvalue weighted by Crippen LogP contribution is 2.43. The molecule has 1 fully saturated rings. The number of ether oxygens (including phenoxy) is 2. The molecule has 0 amide bonds. The van der Waals surface area contributed by atoms with Crippen LogP contribution in [0.15, 0.2) is 60.7 Å². The molecule has 3 heteroatoms. The summed E-state index contributed by atoms with van der Waals surface area (Å²) in [4.78, 5) is 0. The van der Waals surface area contributed by atoms with Gasteiger partial charge in [0, 0.05) is 17.0 Å². The molecule has 1 N–H and O–H groups in total. The molecule has 0 aliphatic heterocycles. The van der Waals surface area contributed by atoms with Crippen molar-refractivity contribution in [2.75, 3.05) is 13.2 Å². The molecule has 3 nitrogen and oxygen atoms in total. The van der Waals surface area contributed by atoms with Crippen molar-refractivity contribution >= 4 is 0 Å². The Morgan fingerprint density at radius 3 is 1.76 bits per heavy atom. The summed E-state index contributed by atoms with van der Waals surface area (Å²) in [5, 5.41) is 3.83. The summed E-state index contributed by atoms with van der Waals surface area (Å²) in [5.41, 5.74) is 2.63. The Hall–Kier alpha value is -1.68. The van der Waals surface area contributed by atoms with Gasteiger partial charge in [-0.15, -0.1) is 0 Å². The zero-order valence-electron chi connectivity index (χ0n) is 18.5. The summed E-state index contributed by atoms with van der Waals surface area (Å²) < 4.78 is 12.5. The van der Waals surface area contributed by atoms with Crippen LogP contribution >= 0.6 is 0 Å². The van der Waals surface area contributed by atoms with Gasteiger partial charge in [-0.1, -0.05) is 67.6 Å². The second-order valence-electron chi connectivity index (χ2n) is 9.84. The molecule has 1 aliphatic carbocycles. The summed E-state index contributed by atoms with van der Waals surface area (Å²) in [6.07, 6.45) is 2.22. The summed E-state index contributed by atoms with van der Waals surface area (Å²) in [5.74, 6) is 0.606. The van der Waals surface area contributed by atoms with Crippen LogP contribution in [-0.2, 0) is 22.7 Å². The highest BCUT2D eigenvalue weighted by Gasteiger charge is 2.44. The smallest absolute Gasteiger partial charge is 0.0717 e. The van der Waals surface area contributed by atoms with Crippen LogP contribution in [0, 0.1) is 11.3 Å². The molecule has 0 radical (unpaired) electrons. The third kappa shape index (κ3) is 6.95. The van der Waals surface area contributed by atoms with Crippen LogP contribution in [-0.4, -0.2) is 24.8 Å². The van der Waals surface area contributed by atoms with E-state index in [1.165, 1.54) is 11.1 Å². The van der Waals surface area contributed by atoms with Crippen molar-refractivity contribution in [3.05, 3.63) is 71.8 Å². The Balaban J connectivity index is 1.62. The molecule has 0 spiro atoms. The molecular weight excluding hydrogens is 358 g/mol. The summed E-state index contributed by atoms with van der Waals surface area (Å²) in [7, 11) is 0. The molecule has 0 unspecified atom stereocenters. The van der Waals surface area contributed by atoms with E-state index in [-0.39, 0.29) is 11.0 Å². The first kappa shape index (κ1) is 22.0. The average molecular weight is 396 g/mol. The number of nitrogens with one attached hydrogen (secondary N) is 1. The van der Waals surface area contributed by atoms with Gasteiger partial charge in [0.1, 0.15) is 0 Å². The molecule has 0 heterocycles. The van der Waals surface area contributed by atoms with Gasteiger partial charge in [-0.25, -0.2) is 0 Å². The second-order valence-corrected chi connectivity index (χ2v) is 9.84. The molecule has 158 valence electrons. The first-order valence-corrected chi connectivity index (χ1v) is 10.9. The zero-order chi connectivity index (χ0) is 20.7. The fourth-order valence-corrected chi connectivity index (χ4v) is 4.52. The molecule has 1 aliphatic rings. The van der Waals surface area contributed by atoms with Crippen molar-refractivity contribution in [1.29, 1.82) is 0 Å². The predicted octanol–water partition coefficient (Wildman–Crippen LogP) is 5.59. The Morgan fingerprint density at radius 2 is 1.31 bits per heavy atom. The first-order valence-electron chi connectivity index (χ1n) is 10.9. The summed E-state index contributed by atoms with van der Waals surface area (Å²) >= 11 is 0. The molecule has 2 atom stereocenters.